The van der Waals surface area contributed by atoms with Crippen LogP contribution in [0, 0.1) is 23.7 Å². The lowest BCUT2D eigenvalue weighted by Gasteiger charge is -2.60. The fraction of sp³-hybridized carbons (Fsp3) is 0.720. The van der Waals surface area contributed by atoms with Crippen LogP contribution < -0.4 is 5.32 Å². The fourth-order valence-corrected chi connectivity index (χ4v) is 7.12. The average Bonchev–Trinajstić information content (AvgIpc) is 3.01. The maximum atomic E-state index is 12.7. The number of ether oxygens (including phenoxy) is 2. The van der Waals surface area contributed by atoms with Crippen LogP contribution in [-0.2, 0) is 34.8 Å². The van der Waals surface area contributed by atoms with Crippen LogP contribution in [0.1, 0.15) is 59.3 Å². The number of carbonyl (C=O) groups is 1. The Bertz CT molecular complexity index is 941. The van der Waals surface area contributed by atoms with E-state index in [1.165, 1.54) is 0 Å². The first-order chi connectivity index (χ1) is 15.7. The minimum absolute atomic E-state index is 0.0740. The monoisotopic (exact) mass is 477 g/mol. The fourth-order valence-electron chi connectivity index (χ4n) is 6.56. The van der Waals surface area contributed by atoms with E-state index in [9.17, 15) is 9.00 Å². The molecule has 5 aliphatic rings. The molecule has 4 heterocycles. The van der Waals surface area contributed by atoms with Crippen LogP contribution in [0.25, 0.3) is 0 Å². The smallest absolute Gasteiger partial charge is 0.224 e. The van der Waals surface area contributed by atoms with E-state index >= 15 is 0 Å². The zero-order valence-electron chi connectivity index (χ0n) is 19.9. The van der Waals surface area contributed by atoms with Gasteiger partial charge in [0.25, 0.3) is 0 Å². The summed E-state index contributed by atoms with van der Waals surface area (Å²) in [5.41, 5.74) is 0.0958. The van der Waals surface area contributed by atoms with Crippen molar-refractivity contribution in [3.8, 4) is 0 Å². The Labute approximate surface area is 198 Å². The van der Waals surface area contributed by atoms with Crippen molar-refractivity contribution >= 4 is 22.4 Å². The third-order valence-corrected chi connectivity index (χ3v) is 9.32. The summed E-state index contributed by atoms with van der Waals surface area (Å²) in [7, 11) is -1.09. The summed E-state index contributed by atoms with van der Waals surface area (Å²) in [4.78, 5) is 25.4. The number of rotatable bonds is 5. The number of amides is 1. The number of fused-ring (bicyclic) bond motifs is 2. The van der Waals surface area contributed by atoms with Crippen LogP contribution in [-0.4, -0.2) is 40.2 Å². The van der Waals surface area contributed by atoms with Gasteiger partial charge in [0, 0.05) is 46.4 Å². The van der Waals surface area contributed by atoms with Gasteiger partial charge >= 0.3 is 0 Å². The number of anilines is 1. The van der Waals surface area contributed by atoms with Gasteiger partial charge in [-0.1, -0.05) is 19.9 Å². The molecule has 6 rings (SSSR count). The Morgan fingerprint density at radius 1 is 1.18 bits per heavy atom. The predicted molar refractivity (Wildman–Crippen MR) is 123 cm³/mol. The first kappa shape index (κ1) is 23.4. The van der Waals surface area contributed by atoms with E-state index in [4.69, 9.17) is 19.2 Å². The molecule has 4 saturated heterocycles. The third kappa shape index (κ3) is 4.08. The van der Waals surface area contributed by atoms with E-state index in [0.717, 1.165) is 25.7 Å². The Morgan fingerprint density at radius 3 is 2.79 bits per heavy atom. The summed E-state index contributed by atoms with van der Waals surface area (Å²) in [5.74, 6) is 0.505. The molecule has 0 unspecified atom stereocenters. The van der Waals surface area contributed by atoms with Crippen molar-refractivity contribution in [1.82, 2.24) is 0 Å². The summed E-state index contributed by atoms with van der Waals surface area (Å²) in [5, 5.41) is 2.93. The Kier molecular flexibility index (Phi) is 6.19. The van der Waals surface area contributed by atoms with Crippen LogP contribution in [0.3, 0.4) is 0 Å². The van der Waals surface area contributed by atoms with Gasteiger partial charge in [0.2, 0.25) is 11.7 Å². The Morgan fingerprint density at radius 2 is 2.00 bits per heavy atom. The van der Waals surface area contributed by atoms with Crippen molar-refractivity contribution in [3.63, 3.8) is 0 Å². The van der Waals surface area contributed by atoms with Crippen LogP contribution in [0.5, 0.6) is 0 Å². The number of carbonyl (C=O) groups excluding carboxylic acids is 1. The minimum Gasteiger partial charge on any atom is -0.346 e. The Balaban J connectivity index is 1.29. The van der Waals surface area contributed by atoms with Gasteiger partial charge in [0.1, 0.15) is 0 Å². The molecule has 9 atom stereocenters. The second-order valence-electron chi connectivity index (χ2n) is 10.5. The second-order valence-corrected chi connectivity index (χ2v) is 11.9. The standard InChI is InChI=1S/C25H35NO6S/c1-15-8-9-20-16(2)21(10-11-22(27)26-17-6-5-7-18(14-17)33(4)28)29-23-25(20)19(15)12-13-24(3,30-23)31-32-25/h5-7,14-16,19-21,23H,8-13H2,1-4H3,(H,26,27)/t15-,16-,19+,20+,21-,23-,24-,25-,33+/m1/s1. The van der Waals surface area contributed by atoms with Crippen LogP contribution in [0.2, 0.25) is 0 Å². The van der Waals surface area contributed by atoms with Gasteiger partial charge in [-0.05, 0) is 68.6 Å². The topological polar surface area (TPSA) is 83.1 Å². The molecule has 2 bridgehead atoms. The van der Waals surface area contributed by atoms with Gasteiger partial charge in [-0.25, -0.2) is 9.78 Å². The summed E-state index contributed by atoms with van der Waals surface area (Å²) in [6, 6.07) is 7.17. The van der Waals surface area contributed by atoms with Crippen LogP contribution in [0.15, 0.2) is 29.2 Å². The molecule has 1 amide bonds. The maximum Gasteiger partial charge on any atom is 0.224 e. The molecule has 8 heteroatoms. The molecular weight excluding hydrogens is 442 g/mol. The van der Waals surface area contributed by atoms with Crippen molar-refractivity contribution in [2.45, 2.75) is 88.0 Å². The van der Waals surface area contributed by atoms with Crippen LogP contribution >= 0.6 is 0 Å². The molecule has 7 nitrogen and oxygen atoms in total. The molecular formula is C25H35NO6S. The lowest BCUT2D eigenvalue weighted by atomic mass is 9.57. The lowest BCUT2D eigenvalue weighted by molar-refractivity contribution is -0.571. The number of hydrogen-bond donors (Lipinski definition) is 1. The van der Waals surface area contributed by atoms with Crippen molar-refractivity contribution in [3.05, 3.63) is 24.3 Å². The molecule has 4 aliphatic heterocycles. The van der Waals surface area contributed by atoms with Crippen molar-refractivity contribution in [2.75, 3.05) is 11.6 Å². The highest BCUT2D eigenvalue weighted by atomic mass is 32.2. The zero-order valence-corrected chi connectivity index (χ0v) is 20.7. The molecule has 1 spiro atoms. The predicted octanol–water partition coefficient (Wildman–Crippen LogP) is 4.39. The van der Waals surface area contributed by atoms with Crippen molar-refractivity contribution in [2.24, 2.45) is 23.7 Å². The molecule has 1 aliphatic carbocycles. The number of hydrogen-bond acceptors (Lipinski definition) is 6. The van der Waals surface area contributed by atoms with Gasteiger partial charge in [-0.3, -0.25) is 9.00 Å². The number of nitrogens with one attached hydrogen (secondary N) is 1. The highest BCUT2D eigenvalue weighted by Gasteiger charge is 2.69. The molecule has 33 heavy (non-hydrogen) atoms. The highest BCUT2D eigenvalue weighted by molar-refractivity contribution is 7.84. The van der Waals surface area contributed by atoms with Gasteiger partial charge in [-0.2, -0.15) is 0 Å². The normalized spacial score (nSPS) is 42.8. The molecule has 1 N–H and O–H groups in total. The van der Waals surface area contributed by atoms with Gasteiger partial charge in [0.05, 0.1) is 6.10 Å². The molecule has 0 radical (unpaired) electrons. The molecule has 1 saturated carbocycles. The van der Waals surface area contributed by atoms with E-state index in [0.29, 0.717) is 35.3 Å². The zero-order chi connectivity index (χ0) is 23.4. The van der Waals surface area contributed by atoms with E-state index in [2.05, 4.69) is 19.2 Å². The summed E-state index contributed by atoms with van der Waals surface area (Å²) < 4.78 is 24.7. The van der Waals surface area contributed by atoms with E-state index in [1.54, 1.807) is 24.5 Å². The highest BCUT2D eigenvalue weighted by Crippen LogP contribution is 2.60. The molecule has 182 valence electrons. The first-order valence-electron chi connectivity index (χ1n) is 12.2. The van der Waals surface area contributed by atoms with Gasteiger partial charge < -0.3 is 14.8 Å². The van der Waals surface area contributed by atoms with E-state index < -0.39 is 28.5 Å². The minimum atomic E-state index is -1.09. The SMILES string of the molecule is C[C@H]1[C@@H](CCC(=O)Nc2cccc([S@](C)=O)c2)O[C@@H]2O[C@@]3(C)CC[C@H]4[C@H](C)CC[C@@H]1[C@@]24OO3. The Hall–Kier alpha value is -1.32. The largest absolute Gasteiger partial charge is 0.346 e. The third-order valence-electron chi connectivity index (χ3n) is 8.40. The molecule has 5 fully saturated rings. The summed E-state index contributed by atoms with van der Waals surface area (Å²) in [6.45, 7) is 6.45. The van der Waals surface area contributed by atoms with Gasteiger partial charge in [0.15, 0.2) is 11.9 Å². The molecule has 1 aromatic carbocycles. The second kappa shape index (κ2) is 8.72. The van der Waals surface area contributed by atoms with Crippen molar-refractivity contribution in [1.29, 1.82) is 0 Å². The van der Waals surface area contributed by atoms with Crippen LogP contribution in [0.4, 0.5) is 5.69 Å². The molecule has 1 aromatic rings. The first-order valence-corrected chi connectivity index (χ1v) is 13.7. The lowest BCUT2D eigenvalue weighted by Crippen LogP contribution is -2.70. The van der Waals surface area contributed by atoms with E-state index in [-0.39, 0.29) is 23.8 Å². The van der Waals surface area contributed by atoms with E-state index in [1.807, 2.05) is 13.0 Å². The van der Waals surface area contributed by atoms with Gasteiger partial charge in [-0.15, -0.1) is 0 Å². The number of benzene rings is 1. The maximum absolute atomic E-state index is 12.7. The average molecular weight is 478 g/mol. The summed E-state index contributed by atoms with van der Waals surface area (Å²) >= 11 is 0. The molecule has 0 aromatic heterocycles. The van der Waals surface area contributed by atoms with Crippen molar-refractivity contribution < 1.29 is 28.3 Å². The summed E-state index contributed by atoms with van der Waals surface area (Å²) in [6.07, 6.45) is 6.02. The quantitative estimate of drug-likeness (QED) is 0.633.